The van der Waals surface area contributed by atoms with E-state index in [1.807, 2.05) is 124 Å². The summed E-state index contributed by atoms with van der Waals surface area (Å²) in [5, 5.41) is 14.1. The molecule has 0 aliphatic carbocycles. The standard InChI is InChI=1S/C50H46Cl2N4O7/c1-4-55(38-10-6-5-7-11-38)50(60)56-27-37-26-46-45(62-29-47(63-46)35-9-8-12-39(23-35)61-28-33-15-18-41(51)42(52)21-33)25-36(37)24-44(56)48(57)54-43(49(58)59)22-32-13-16-34(17-14-32)40-19-20-53-31(3)30(40)2/h5-21,23,25-26,43-44,47H,4,22,24,27-29H2,1-3H3,(H,54,57)(H,58,59)/t43-,44-,47+/m0/s1. The van der Waals surface area contributed by atoms with Crippen LogP contribution in [0.2, 0.25) is 10.0 Å². The normalized spacial score (nSPS) is 15.8. The van der Waals surface area contributed by atoms with Crippen molar-refractivity contribution in [3.05, 3.63) is 171 Å². The van der Waals surface area contributed by atoms with Crippen molar-refractivity contribution in [3.8, 4) is 28.4 Å². The Bertz CT molecular complexity index is 2660. The molecule has 0 saturated heterocycles. The number of para-hydroxylation sites is 1. The van der Waals surface area contributed by atoms with Crippen molar-refractivity contribution in [1.82, 2.24) is 15.2 Å². The average Bonchev–Trinajstić information content (AvgIpc) is 3.29. The maximum atomic E-state index is 14.6. The van der Waals surface area contributed by atoms with Crippen LogP contribution >= 0.6 is 23.2 Å². The monoisotopic (exact) mass is 884 g/mol. The van der Waals surface area contributed by atoms with Gasteiger partial charge < -0.3 is 29.5 Å². The van der Waals surface area contributed by atoms with Gasteiger partial charge in [-0.1, -0.05) is 83.9 Å². The number of carbonyl (C=O) groups excluding carboxylic acids is 2. The molecule has 322 valence electrons. The zero-order valence-electron chi connectivity index (χ0n) is 35.0. The molecule has 1 aromatic heterocycles. The Hall–Kier alpha value is -6.56. The molecule has 5 aromatic carbocycles. The molecule has 63 heavy (non-hydrogen) atoms. The fraction of sp³-hybridized carbons (Fsp3) is 0.240. The van der Waals surface area contributed by atoms with Gasteiger partial charge in [0.05, 0.1) is 10.0 Å². The molecule has 11 nitrogen and oxygen atoms in total. The Morgan fingerprint density at radius 1 is 0.889 bits per heavy atom. The average molecular weight is 886 g/mol. The van der Waals surface area contributed by atoms with E-state index in [2.05, 4.69) is 10.3 Å². The van der Waals surface area contributed by atoms with Gasteiger partial charge in [0.15, 0.2) is 17.6 Å². The number of carboxylic acids is 1. The molecule has 13 heteroatoms. The minimum Gasteiger partial charge on any atom is -0.489 e. The number of aryl methyl sites for hydroxylation is 1. The third-order valence-corrected chi connectivity index (χ3v) is 12.4. The first kappa shape index (κ1) is 43.1. The molecule has 3 heterocycles. The van der Waals surface area contributed by atoms with E-state index in [1.54, 1.807) is 23.2 Å². The molecular weight excluding hydrogens is 839 g/mol. The number of hydrogen-bond donors (Lipinski definition) is 2. The predicted octanol–water partition coefficient (Wildman–Crippen LogP) is 9.95. The second kappa shape index (κ2) is 18.8. The van der Waals surface area contributed by atoms with Gasteiger partial charge in [-0.05, 0) is 120 Å². The highest BCUT2D eigenvalue weighted by Crippen LogP contribution is 2.41. The summed E-state index contributed by atoms with van der Waals surface area (Å²) in [6, 6.07) is 32.9. The second-order valence-electron chi connectivity index (χ2n) is 15.7. The molecule has 0 bridgehead atoms. The van der Waals surface area contributed by atoms with E-state index in [4.69, 9.17) is 37.4 Å². The Labute approximate surface area is 376 Å². The van der Waals surface area contributed by atoms with E-state index in [9.17, 15) is 19.5 Å². The zero-order chi connectivity index (χ0) is 44.2. The summed E-state index contributed by atoms with van der Waals surface area (Å²) in [6.45, 7) is 6.78. The number of pyridine rings is 1. The molecule has 6 aromatic rings. The first-order valence-electron chi connectivity index (χ1n) is 20.8. The third-order valence-electron chi connectivity index (χ3n) is 11.6. The number of aliphatic carboxylic acids is 1. The van der Waals surface area contributed by atoms with Crippen LogP contribution in [-0.2, 0) is 35.6 Å². The van der Waals surface area contributed by atoms with Crippen molar-refractivity contribution in [2.45, 2.75) is 65.0 Å². The van der Waals surface area contributed by atoms with Crippen LogP contribution in [0.25, 0.3) is 11.1 Å². The van der Waals surface area contributed by atoms with Crippen LogP contribution in [0.3, 0.4) is 0 Å². The molecule has 3 amide bonds. The first-order chi connectivity index (χ1) is 30.4. The van der Waals surface area contributed by atoms with Crippen LogP contribution in [0.5, 0.6) is 17.2 Å². The summed E-state index contributed by atoms with van der Waals surface area (Å²) in [5.41, 5.74) is 8.75. The van der Waals surface area contributed by atoms with E-state index in [0.29, 0.717) is 46.1 Å². The maximum Gasteiger partial charge on any atom is 0.326 e. The van der Waals surface area contributed by atoms with Crippen molar-refractivity contribution in [3.63, 3.8) is 0 Å². The number of anilines is 1. The lowest BCUT2D eigenvalue weighted by molar-refractivity contribution is -0.142. The number of nitrogens with one attached hydrogen (secondary N) is 1. The topological polar surface area (TPSA) is 131 Å². The molecule has 2 aliphatic rings. The highest BCUT2D eigenvalue weighted by molar-refractivity contribution is 6.42. The summed E-state index contributed by atoms with van der Waals surface area (Å²) in [5.74, 6) is -0.0889. The highest BCUT2D eigenvalue weighted by atomic mass is 35.5. The van der Waals surface area contributed by atoms with E-state index >= 15 is 0 Å². The molecule has 0 fully saturated rings. The lowest BCUT2D eigenvalue weighted by Crippen LogP contribution is -2.58. The Balaban J connectivity index is 1.02. The lowest BCUT2D eigenvalue weighted by Gasteiger charge is -2.40. The van der Waals surface area contributed by atoms with Gasteiger partial charge in [-0.25, -0.2) is 9.59 Å². The predicted molar refractivity (Wildman–Crippen MR) is 243 cm³/mol. The first-order valence-corrected chi connectivity index (χ1v) is 21.5. The summed E-state index contributed by atoms with van der Waals surface area (Å²) in [4.78, 5) is 49.1. The Kier molecular flexibility index (Phi) is 12.9. The Morgan fingerprint density at radius 3 is 2.40 bits per heavy atom. The number of nitrogens with zero attached hydrogens (tertiary/aromatic N) is 3. The maximum absolute atomic E-state index is 14.6. The van der Waals surface area contributed by atoms with Crippen LogP contribution in [0.1, 0.15) is 52.1 Å². The largest absolute Gasteiger partial charge is 0.489 e. The number of hydrogen-bond acceptors (Lipinski definition) is 7. The van der Waals surface area contributed by atoms with Gasteiger partial charge in [-0.3, -0.25) is 14.7 Å². The summed E-state index contributed by atoms with van der Waals surface area (Å²) in [6.07, 6.45) is 1.49. The van der Waals surface area contributed by atoms with E-state index < -0.39 is 30.1 Å². The third kappa shape index (κ3) is 9.60. The molecule has 2 aliphatic heterocycles. The van der Waals surface area contributed by atoms with Crippen molar-refractivity contribution >= 4 is 46.8 Å². The van der Waals surface area contributed by atoms with Gasteiger partial charge >= 0.3 is 12.0 Å². The smallest absolute Gasteiger partial charge is 0.326 e. The van der Waals surface area contributed by atoms with Crippen molar-refractivity contribution in [1.29, 1.82) is 0 Å². The fourth-order valence-corrected chi connectivity index (χ4v) is 8.34. The molecule has 0 unspecified atom stereocenters. The van der Waals surface area contributed by atoms with Crippen molar-refractivity contribution in [2.75, 3.05) is 18.1 Å². The SMILES string of the molecule is CCN(C(=O)N1Cc2cc3c(cc2C[C@H]1C(=O)N[C@@H](Cc1ccc(-c2ccnc(C)c2C)cc1)C(=O)O)OC[C@H](c1cccc(OCc2ccc(Cl)c(Cl)c2)c1)O3)c1ccccc1. The van der Waals surface area contributed by atoms with Crippen LogP contribution < -0.4 is 24.4 Å². The number of amides is 3. The number of benzene rings is 5. The van der Waals surface area contributed by atoms with Crippen LogP contribution in [0.15, 0.2) is 121 Å². The minimum atomic E-state index is -1.25. The molecule has 2 N–H and O–H groups in total. The second-order valence-corrected chi connectivity index (χ2v) is 16.5. The van der Waals surface area contributed by atoms with Crippen molar-refractivity contribution in [2.24, 2.45) is 0 Å². The number of carboxylic acid groups (broad SMARTS) is 1. The lowest BCUT2D eigenvalue weighted by atomic mass is 9.92. The Morgan fingerprint density at radius 2 is 1.65 bits per heavy atom. The molecule has 8 rings (SSSR count). The van der Waals surface area contributed by atoms with Gasteiger partial charge in [0, 0.05) is 43.5 Å². The van der Waals surface area contributed by atoms with Crippen LogP contribution in [0, 0.1) is 13.8 Å². The summed E-state index contributed by atoms with van der Waals surface area (Å²) < 4.78 is 18.9. The zero-order valence-corrected chi connectivity index (χ0v) is 36.5. The molecular formula is C50H46Cl2N4O7. The fourth-order valence-electron chi connectivity index (χ4n) is 8.02. The summed E-state index contributed by atoms with van der Waals surface area (Å²) >= 11 is 12.3. The highest BCUT2D eigenvalue weighted by Gasteiger charge is 2.39. The number of fused-ring (bicyclic) bond motifs is 2. The van der Waals surface area contributed by atoms with E-state index in [0.717, 1.165) is 50.2 Å². The molecule has 0 saturated carbocycles. The van der Waals surface area contributed by atoms with E-state index in [1.165, 1.54) is 4.90 Å². The minimum absolute atomic E-state index is 0.0458. The van der Waals surface area contributed by atoms with Crippen LogP contribution in [0.4, 0.5) is 10.5 Å². The van der Waals surface area contributed by atoms with Crippen LogP contribution in [-0.4, -0.2) is 58.1 Å². The molecule has 3 atom stereocenters. The van der Waals surface area contributed by atoms with Gasteiger partial charge in [0.1, 0.15) is 31.0 Å². The number of rotatable bonds is 12. The number of carbonyl (C=O) groups is 3. The summed E-state index contributed by atoms with van der Waals surface area (Å²) in [7, 11) is 0. The van der Waals surface area contributed by atoms with Gasteiger partial charge in [-0.15, -0.1) is 0 Å². The quantitative estimate of drug-likeness (QED) is 0.124. The van der Waals surface area contributed by atoms with Gasteiger partial charge in [0.25, 0.3) is 0 Å². The molecule has 0 radical (unpaired) electrons. The van der Waals surface area contributed by atoms with E-state index in [-0.39, 0.29) is 32.0 Å². The number of aromatic nitrogens is 1. The number of halogens is 2. The van der Waals surface area contributed by atoms with Crippen molar-refractivity contribution < 1.29 is 33.7 Å². The number of urea groups is 1. The number of ether oxygens (including phenoxy) is 3. The van der Waals surface area contributed by atoms with Gasteiger partial charge in [-0.2, -0.15) is 0 Å². The molecule has 0 spiro atoms. The van der Waals surface area contributed by atoms with Gasteiger partial charge in [0.2, 0.25) is 5.91 Å².